The number of nitrogen functional groups attached to an aromatic ring is 1. The van der Waals surface area contributed by atoms with Crippen molar-refractivity contribution in [2.75, 3.05) is 25.9 Å². The minimum Gasteiger partial charge on any atom is -0.469 e. The highest BCUT2D eigenvalue weighted by atomic mass is 79.9. The molecule has 0 bridgehead atoms. The van der Waals surface area contributed by atoms with E-state index in [4.69, 9.17) is 10.5 Å². The lowest BCUT2D eigenvalue weighted by Gasteiger charge is -2.31. The van der Waals surface area contributed by atoms with Crippen molar-refractivity contribution in [2.45, 2.75) is 19.8 Å². The molecule has 1 unspecified atom stereocenters. The number of benzene rings is 1. The van der Waals surface area contributed by atoms with Gasteiger partial charge in [-0.25, -0.2) is 0 Å². The van der Waals surface area contributed by atoms with Gasteiger partial charge < -0.3 is 15.4 Å². The van der Waals surface area contributed by atoms with Crippen LogP contribution in [0.5, 0.6) is 0 Å². The Morgan fingerprint density at radius 1 is 1.43 bits per heavy atom. The molecule has 1 saturated heterocycles. The lowest BCUT2D eigenvalue weighted by molar-refractivity contribution is -0.146. The monoisotopic (exact) mass is 354 g/mol. The number of ether oxygens (including phenoxy) is 1. The molecule has 1 aromatic carbocycles. The van der Waals surface area contributed by atoms with Gasteiger partial charge in [-0.2, -0.15) is 0 Å². The summed E-state index contributed by atoms with van der Waals surface area (Å²) in [6, 6.07) is 3.55. The summed E-state index contributed by atoms with van der Waals surface area (Å²) < 4.78 is 5.55. The van der Waals surface area contributed by atoms with Crippen LogP contribution in [0.1, 0.15) is 28.8 Å². The van der Waals surface area contributed by atoms with Crippen molar-refractivity contribution in [3.8, 4) is 0 Å². The maximum Gasteiger partial charge on any atom is 0.310 e. The molecule has 1 aliphatic heterocycles. The average molecular weight is 355 g/mol. The molecular formula is C15H19BrN2O3. The third-order valence-electron chi connectivity index (χ3n) is 3.89. The van der Waals surface area contributed by atoms with Crippen molar-refractivity contribution in [1.82, 2.24) is 4.90 Å². The third kappa shape index (κ3) is 3.37. The molecule has 0 aliphatic carbocycles. The molecule has 1 heterocycles. The van der Waals surface area contributed by atoms with Gasteiger partial charge in [0.1, 0.15) is 0 Å². The van der Waals surface area contributed by atoms with Gasteiger partial charge in [-0.15, -0.1) is 0 Å². The predicted molar refractivity (Wildman–Crippen MR) is 83.9 cm³/mol. The van der Waals surface area contributed by atoms with Gasteiger partial charge in [-0.05, 0) is 37.5 Å². The molecule has 0 aromatic heterocycles. The Morgan fingerprint density at radius 3 is 2.81 bits per heavy atom. The molecule has 6 heteroatoms. The Bertz CT molecular complexity index is 574. The number of carbonyl (C=O) groups is 2. The highest BCUT2D eigenvalue weighted by Crippen LogP contribution is 2.26. The lowest BCUT2D eigenvalue weighted by atomic mass is 9.96. The second kappa shape index (κ2) is 6.47. The van der Waals surface area contributed by atoms with Crippen LogP contribution in [0, 0.1) is 12.8 Å². The topological polar surface area (TPSA) is 72.6 Å². The molecule has 0 radical (unpaired) electrons. The van der Waals surface area contributed by atoms with Crippen LogP contribution in [0.3, 0.4) is 0 Å². The number of halogens is 1. The van der Waals surface area contributed by atoms with Crippen molar-refractivity contribution in [1.29, 1.82) is 0 Å². The van der Waals surface area contributed by atoms with Crippen LogP contribution < -0.4 is 5.73 Å². The second-order valence-electron chi connectivity index (χ2n) is 5.28. The second-order valence-corrected chi connectivity index (χ2v) is 6.20. The molecule has 1 atom stereocenters. The highest BCUT2D eigenvalue weighted by molar-refractivity contribution is 9.10. The van der Waals surface area contributed by atoms with E-state index < -0.39 is 0 Å². The first-order chi connectivity index (χ1) is 9.93. The van der Waals surface area contributed by atoms with E-state index >= 15 is 0 Å². The van der Waals surface area contributed by atoms with E-state index in [-0.39, 0.29) is 17.8 Å². The van der Waals surface area contributed by atoms with Gasteiger partial charge in [0.15, 0.2) is 0 Å². The van der Waals surface area contributed by atoms with E-state index in [1.165, 1.54) is 7.11 Å². The van der Waals surface area contributed by atoms with Crippen molar-refractivity contribution in [3.63, 3.8) is 0 Å². The number of hydrogen-bond acceptors (Lipinski definition) is 4. The van der Waals surface area contributed by atoms with Crippen LogP contribution in [-0.2, 0) is 9.53 Å². The molecule has 1 amide bonds. The fourth-order valence-corrected chi connectivity index (χ4v) is 3.09. The lowest BCUT2D eigenvalue weighted by Crippen LogP contribution is -2.42. The number of nitrogens with zero attached hydrogens (tertiary/aromatic N) is 1. The predicted octanol–water partition coefficient (Wildman–Crippen LogP) is 2.36. The molecule has 0 spiro atoms. The molecule has 21 heavy (non-hydrogen) atoms. The first kappa shape index (κ1) is 15.8. The van der Waals surface area contributed by atoms with Crippen molar-refractivity contribution < 1.29 is 14.3 Å². The van der Waals surface area contributed by atoms with Gasteiger partial charge in [0, 0.05) is 28.8 Å². The number of carbonyl (C=O) groups excluding carboxylic acids is 2. The fraction of sp³-hybridized carbons (Fsp3) is 0.467. The van der Waals surface area contributed by atoms with E-state index in [9.17, 15) is 9.59 Å². The van der Waals surface area contributed by atoms with Gasteiger partial charge >= 0.3 is 5.97 Å². The van der Waals surface area contributed by atoms with Gasteiger partial charge in [0.05, 0.1) is 13.0 Å². The SMILES string of the molecule is COC(=O)C1CCCN(C(=O)c2cc(Br)cc(N)c2C)C1. The molecule has 2 rings (SSSR count). The van der Waals surface area contributed by atoms with Gasteiger partial charge in [0.25, 0.3) is 5.91 Å². The number of likely N-dealkylation sites (tertiary alicyclic amines) is 1. The first-order valence-electron chi connectivity index (χ1n) is 6.86. The Hall–Kier alpha value is -1.56. The summed E-state index contributed by atoms with van der Waals surface area (Å²) in [6.07, 6.45) is 1.56. The van der Waals surface area contributed by atoms with Crippen LogP contribution in [0.15, 0.2) is 16.6 Å². The van der Waals surface area contributed by atoms with E-state index in [1.807, 2.05) is 6.92 Å². The van der Waals surface area contributed by atoms with Crippen LogP contribution >= 0.6 is 15.9 Å². The van der Waals surface area contributed by atoms with E-state index in [0.717, 1.165) is 22.9 Å². The highest BCUT2D eigenvalue weighted by Gasteiger charge is 2.30. The zero-order valence-electron chi connectivity index (χ0n) is 12.2. The maximum absolute atomic E-state index is 12.7. The standard InChI is InChI=1S/C15H19BrN2O3/c1-9-12(6-11(16)7-13(9)17)14(19)18-5-3-4-10(8-18)15(20)21-2/h6-7,10H,3-5,8,17H2,1-2H3. The Balaban J connectivity index is 2.22. The van der Waals surface area contributed by atoms with Gasteiger partial charge in [-0.3, -0.25) is 9.59 Å². The summed E-state index contributed by atoms with van der Waals surface area (Å²) in [5.41, 5.74) is 7.83. The zero-order valence-corrected chi connectivity index (χ0v) is 13.8. The smallest absolute Gasteiger partial charge is 0.310 e. The molecule has 1 aromatic rings. The zero-order chi connectivity index (χ0) is 15.6. The maximum atomic E-state index is 12.7. The number of amides is 1. The summed E-state index contributed by atoms with van der Waals surface area (Å²) in [6.45, 7) is 2.88. The number of methoxy groups -OCH3 is 1. The molecule has 5 nitrogen and oxygen atoms in total. The normalized spacial score (nSPS) is 18.4. The van der Waals surface area contributed by atoms with Crippen LogP contribution in [0.2, 0.25) is 0 Å². The quantitative estimate of drug-likeness (QED) is 0.653. The largest absolute Gasteiger partial charge is 0.469 e. The molecular weight excluding hydrogens is 336 g/mol. The van der Waals surface area contributed by atoms with Crippen LogP contribution in [0.4, 0.5) is 5.69 Å². The number of esters is 1. The van der Waals surface area contributed by atoms with E-state index in [2.05, 4.69) is 15.9 Å². The van der Waals surface area contributed by atoms with Crippen molar-refractivity contribution >= 4 is 33.5 Å². The van der Waals surface area contributed by atoms with E-state index in [1.54, 1.807) is 17.0 Å². The first-order valence-corrected chi connectivity index (χ1v) is 7.66. The minimum atomic E-state index is -0.252. The molecule has 1 fully saturated rings. The van der Waals surface area contributed by atoms with Gasteiger partial charge in [0.2, 0.25) is 0 Å². The van der Waals surface area contributed by atoms with Crippen LogP contribution in [0.25, 0.3) is 0 Å². The van der Waals surface area contributed by atoms with E-state index in [0.29, 0.717) is 24.3 Å². The summed E-state index contributed by atoms with van der Waals surface area (Å²) in [7, 11) is 1.38. The Labute approximate surface area is 132 Å². The number of nitrogens with two attached hydrogens (primary N) is 1. The molecule has 1 aliphatic rings. The van der Waals surface area contributed by atoms with Gasteiger partial charge in [-0.1, -0.05) is 15.9 Å². The Morgan fingerprint density at radius 2 is 2.14 bits per heavy atom. The summed E-state index contributed by atoms with van der Waals surface area (Å²) in [5, 5.41) is 0. The molecule has 0 saturated carbocycles. The minimum absolute atomic E-state index is 0.0888. The summed E-state index contributed by atoms with van der Waals surface area (Å²) in [5.74, 6) is -0.579. The summed E-state index contributed by atoms with van der Waals surface area (Å²) in [4.78, 5) is 26.0. The number of anilines is 1. The number of rotatable bonds is 2. The molecule has 114 valence electrons. The number of piperidine rings is 1. The number of hydrogen-bond donors (Lipinski definition) is 1. The third-order valence-corrected chi connectivity index (χ3v) is 4.34. The van der Waals surface area contributed by atoms with Crippen molar-refractivity contribution in [3.05, 3.63) is 27.7 Å². The van der Waals surface area contributed by atoms with Crippen LogP contribution in [-0.4, -0.2) is 37.0 Å². The fourth-order valence-electron chi connectivity index (χ4n) is 2.61. The van der Waals surface area contributed by atoms with Crippen molar-refractivity contribution in [2.24, 2.45) is 5.92 Å². The Kier molecular flexibility index (Phi) is 4.88. The summed E-state index contributed by atoms with van der Waals surface area (Å²) >= 11 is 3.36. The molecule has 2 N–H and O–H groups in total. The average Bonchev–Trinajstić information content (AvgIpc) is 2.49.